The second kappa shape index (κ2) is 4.30. The van der Waals surface area contributed by atoms with Gasteiger partial charge in [0.05, 0.1) is 0 Å². The third kappa shape index (κ3) is 2.37. The van der Waals surface area contributed by atoms with Crippen molar-refractivity contribution in [2.75, 3.05) is 12.4 Å². The lowest BCUT2D eigenvalue weighted by atomic mass is 10.3. The first kappa shape index (κ1) is 9.32. The summed E-state index contributed by atoms with van der Waals surface area (Å²) in [5.74, 6) is -2.36. The van der Waals surface area contributed by atoms with Gasteiger partial charge in [0.1, 0.15) is 0 Å². The van der Waals surface area contributed by atoms with Crippen LogP contribution in [0.15, 0.2) is 29.2 Å². The van der Waals surface area contributed by atoms with Gasteiger partial charge in [-0.15, -0.1) is 0 Å². The van der Waals surface area contributed by atoms with E-state index in [-0.39, 0.29) is 0 Å². The summed E-state index contributed by atoms with van der Waals surface area (Å²) in [5.41, 5.74) is 0.739. The van der Waals surface area contributed by atoms with Crippen molar-refractivity contribution in [2.24, 2.45) is 0 Å². The van der Waals surface area contributed by atoms with Crippen LogP contribution in [0.3, 0.4) is 0 Å². The van der Waals surface area contributed by atoms with E-state index in [9.17, 15) is 8.78 Å². The molecular formula is C8H9F2NS. The lowest BCUT2D eigenvalue weighted by molar-refractivity contribution is 0.252. The Morgan fingerprint density at radius 3 is 2.58 bits per heavy atom. The minimum absolute atomic E-state index is 0.554. The largest absolute Gasteiger partial charge is 0.387 e. The second-order valence-corrected chi connectivity index (χ2v) is 3.16. The number of anilines is 1. The van der Waals surface area contributed by atoms with Gasteiger partial charge in [0, 0.05) is 17.6 Å². The fraction of sp³-hybridized carbons (Fsp3) is 0.250. The number of alkyl halides is 2. The Kier molecular flexibility index (Phi) is 3.34. The molecule has 1 nitrogen and oxygen atoms in total. The van der Waals surface area contributed by atoms with Crippen molar-refractivity contribution in [3.63, 3.8) is 0 Å². The quantitative estimate of drug-likeness (QED) is 0.733. The molecule has 0 spiro atoms. The van der Waals surface area contributed by atoms with Crippen LogP contribution in [-0.2, 0) is 0 Å². The molecule has 1 rings (SSSR count). The van der Waals surface area contributed by atoms with Crippen LogP contribution in [0.2, 0.25) is 0 Å². The zero-order chi connectivity index (χ0) is 8.97. The van der Waals surface area contributed by atoms with Crippen LogP contribution in [0.5, 0.6) is 0 Å². The Morgan fingerprint density at radius 2 is 2.00 bits per heavy atom. The monoisotopic (exact) mass is 189 g/mol. The van der Waals surface area contributed by atoms with Crippen LogP contribution in [0.1, 0.15) is 0 Å². The lowest BCUT2D eigenvalue weighted by Crippen LogP contribution is -1.91. The van der Waals surface area contributed by atoms with E-state index in [1.165, 1.54) is 0 Å². The van der Waals surface area contributed by atoms with Gasteiger partial charge in [0.2, 0.25) is 0 Å². The molecule has 0 aliphatic heterocycles. The summed E-state index contributed by atoms with van der Waals surface area (Å²) in [7, 11) is 1.71. The van der Waals surface area contributed by atoms with Crippen LogP contribution in [-0.4, -0.2) is 12.8 Å². The van der Waals surface area contributed by atoms with Crippen molar-refractivity contribution < 1.29 is 8.78 Å². The van der Waals surface area contributed by atoms with Crippen LogP contribution in [0, 0.1) is 0 Å². The summed E-state index contributed by atoms with van der Waals surface area (Å²) >= 11 is 0.554. The van der Waals surface area contributed by atoms with Gasteiger partial charge in [-0.3, -0.25) is 0 Å². The fourth-order valence-electron chi connectivity index (χ4n) is 0.872. The summed E-state index contributed by atoms with van der Waals surface area (Å²) in [5, 5.41) is 2.85. The first-order valence-corrected chi connectivity index (χ1v) is 4.33. The van der Waals surface area contributed by atoms with Crippen LogP contribution >= 0.6 is 11.8 Å². The van der Waals surface area contributed by atoms with E-state index in [0.29, 0.717) is 16.7 Å². The van der Waals surface area contributed by atoms with E-state index in [0.717, 1.165) is 5.69 Å². The number of nitrogens with one attached hydrogen (secondary N) is 1. The molecule has 0 saturated heterocycles. The van der Waals surface area contributed by atoms with Crippen LogP contribution in [0.4, 0.5) is 14.5 Å². The molecule has 0 aliphatic carbocycles. The third-order valence-corrected chi connectivity index (χ3v) is 2.16. The number of benzene rings is 1. The number of thioether (sulfide) groups is 1. The van der Waals surface area contributed by atoms with E-state index >= 15 is 0 Å². The molecule has 0 unspecified atom stereocenters. The molecule has 0 atom stereocenters. The average Bonchev–Trinajstić information content (AvgIpc) is 2.04. The number of para-hydroxylation sites is 1. The Bertz CT molecular complexity index is 253. The van der Waals surface area contributed by atoms with Gasteiger partial charge >= 0.3 is 0 Å². The Hall–Kier alpha value is -0.770. The Morgan fingerprint density at radius 1 is 1.33 bits per heavy atom. The van der Waals surface area contributed by atoms with Crippen molar-refractivity contribution in [3.8, 4) is 0 Å². The minimum atomic E-state index is -2.36. The summed E-state index contributed by atoms with van der Waals surface area (Å²) in [4.78, 5) is 0.579. The molecule has 1 N–H and O–H groups in total. The average molecular weight is 189 g/mol. The molecule has 1 aromatic rings. The first-order valence-electron chi connectivity index (χ1n) is 3.45. The fourth-order valence-corrected chi connectivity index (χ4v) is 1.52. The third-order valence-electron chi connectivity index (χ3n) is 1.37. The topological polar surface area (TPSA) is 12.0 Å². The molecule has 1 aromatic carbocycles. The molecule has 0 saturated carbocycles. The molecule has 0 aromatic heterocycles. The number of hydrogen-bond donors (Lipinski definition) is 1. The smallest absolute Gasteiger partial charge is 0.288 e. The molecule has 0 heterocycles. The Balaban J connectivity index is 2.82. The van der Waals surface area contributed by atoms with Crippen molar-refractivity contribution in [1.82, 2.24) is 0 Å². The lowest BCUT2D eigenvalue weighted by Gasteiger charge is -2.06. The van der Waals surface area contributed by atoms with Gasteiger partial charge in [-0.2, -0.15) is 8.78 Å². The maximum atomic E-state index is 12.0. The van der Waals surface area contributed by atoms with E-state index in [2.05, 4.69) is 5.32 Å². The van der Waals surface area contributed by atoms with Crippen molar-refractivity contribution in [1.29, 1.82) is 0 Å². The zero-order valence-corrected chi connectivity index (χ0v) is 7.37. The molecule has 0 radical (unpaired) electrons. The minimum Gasteiger partial charge on any atom is -0.387 e. The Labute approximate surface area is 74.2 Å². The maximum absolute atomic E-state index is 12.0. The predicted molar refractivity (Wildman–Crippen MR) is 47.8 cm³/mol. The second-order valence-electron chi connectivity index (χ2n) is 2.12. The standard InChI is InChI=1S/C8H9F2NS/c1-11-6-4-2-3-5-7(6)12-8(9)10/h2-5,8,11H,1H3. The van der Waals surface area contributed by atoms with E-state index in [1.807, 2.05) is 0 Å². The van der Waals surface area contributed by atoms with Gasteiger partial charge in [0.15, 0.2) is 0 Å². The highest BCUT2D eigenvalue weighted by molar-refractivity contribution is 7.99. The van der Waals surface area contributed by atoms with E-state index in [1.54, 1.807) is 31.3 Å². The number of halogens is 2. The summed E-state index contributed by atoms with van der Waals surface area (Å²) < 4.78 is 23.9. The first-order chi connectivity index (χ1) is 5.74. The van der Waals surface area contributed by atoms with Gasteiger partial charge in [0.25, 0.3) is 5.76 Å². The summed E-state index contributed by atoms with van der Waals surface area (Å²) in [6.07, 6.45) is 0. The molecule has 4 heteroatoms. The molecule has 0 bridgehead atoms. The van der Waals surface area contributed by atoms with Gasteiger partial charge in [-0.05, 0) is 12.1 Å². The van der Waals surface area contributed by atoms with Crippen LogP contribution < -0.4 is 5.32 Å². The molecule has 0 fully saturated rings. The van der Waals surface area contributed by atoms with Crippen molar-refractivity contribution in [3.05, 3.63) is 24.3 Å². The van der Waals surface area contributed by atoms with E-state index < -0.39 is 5.76 Å². The summed E-state index contributed by atoms with van der Waals surface area (Å²) in [6, 6.07) is 6.99. The predicted octanol–water partition coefficient (Wildman–Crippen LogP) is 3.04. The molecule has 0 aliphatic rings. The highest BCUT2D eigenvalue weighted by Gasteiger charge is 2.07. The highest BCUT2D eigenvalue weighted by atomic mass is 32.2. The SMILES string of the molecule is CNc1ccccc1SC(F)F. The highest BCUT2D eigenvalue weighted by Crippen LogP contribution is 2.30. The molecular weight excluding hydrogens is 180 g/mol. The van der Waals surface area contributed by atoms with Gasteiger partial charge in [-0.25, -0.2) is 0 Å². The number of hydrogen-bond acceptors (Lipinski definition) is 2. The normalized spacial score (nSPS) is 10.3. The number of rotatable bonds is 3. The van der Waals surface area contributed by atoms with Crippen LogP contribution in [0.25, 0.3) is 0 Å². The van der Waals surface area contributed by atoms with Gasteiger partial charge < -0.3 is 5.32 Å². The zero-order valence-electron chi connectivity index (χ0n) is 6.55. The maximum Gasteiger partial charge on any atom is 0.288 e. The van der Waals surface area contributed by atoms with Crippen molar-refractivity contribution in [2.45, 2.75) is 10.7 Å². The molecule has 66 valence electrons. The summed E-state index contributed by atoms with van der Waals surface area (Å²) in [6.45, 7) is 0. The van der Waals surface area contributed by atoms with Gasteiger partial charge in [-0.1, -0.05) is 23.9 Å². The van der Waals surface area contributed by atoms with Crippen molar-refractivity contribution >= 4 is 17.4 Å². The molecule has 0 amide bonds. The molecule has 12 heavy (non-hydrogen) atoms. The van der Waals surface area contributed by atoms with E-state index in [4.69, 9.17) is 0 Å².